The summed E-state index contributed by atoms with van der Waals surface area (Å²) in [6, 6.07) is 13.5. The van der Waals surface area contributed by atoms with Crippen molar-refractivity contribution in [2.75, 3.05) is 0 Å². The molecule has 0 bridgehead atoms. The SMILES string of the molecule is CCCCCCCc1ccc2c(F)c(-c3ccc(-c4cc(F)c(OC(F)(F)F)c(F)c4)c(F)c3)ccc2c1. The molecule has 0 saturated carbocycles. The quantitative estimate of drug-likeness (QED) is 0.153. The number of fused-ring (bicyclic) bond motifs is 1. The van der Waals surface area contributed by atoms with Gasteiger partial charge in [0.1, 0.15) is 11.6 Å². The average molecular weight is 535 g/mol. The highest BCUT2D eigenvalue weighted by molar-refractivity contribution is 5.89. The second kappa shape index (κ2) is 11.5. The normalized spacial score (nSPS) is 11.8. The number of rotatable bonds is 9. The first-order chi connectivity index (χ1) is 18.1. The zero-order valence-electron chi connectivity index (χ0n) is 20.6. The van der Waals surface area contributed by atoms with Gasteiger partial charge in [-0.25, -0.2) is 17.6 Å². The Morgan fingerprint density at radius 3 is 1.97 bits per heavy atom. The van der Waals surface area contributed by atoms with Crippen molar-refractivity contribution >= 4 is 10.8 Å². The summed E-state index contributed by atoms with van der Waals surface area (Å²) in [6.45, 7) is 2.16. The summed E-state index contributed by atoms with van der Waals surface area (Å²) in [5.74, 6) is -6.36. The van der Waals surface area contributed by atoms with Crippen LogP contribution in [0.1, 0.15) is 44.6 Å². The Hall–Kier alpha value is -3.55. The molecule has 0 saturated heterocycles. The molecule has 0 aromatic heterocycles. The van der Waals surface area contributed by atoms with E-state index in [1.165, 1.54) is 31.4 Å². The fourth-order valence-electron chi connectivity index (χ4n) is 4.50. The van der Waals surface area contributed by atoms with Crippen molar-refractivity contribution in [3.63, 3.8) is 0 Å². The van der Waals surface area contributed by atoms with Crippen LogP contribution in [0.3, 0.4) is 0 Å². The minimum Gasteiger partial charge on any atom is -0.399 e. The topological polar surface area (TPSA) is 9.23 Å². The lowest BCUT2D eigenvalue weighted by Gasteiger charge is -2.13. The molecule has 0 unspecified atom stereocenters. The Labute approximate surface area is 215 Å². The third-order valence-corrected chi connectivity index (χ3v) is 6.39. The number of unbranched alkanes of at least 4 members (excludes halogenated alkanes) is 4. The van der Waals surface area contributed by atoms with Crippen LogP contribution in [0.25, 0.3) is 33.0 Å². The van der Waals surface area contributed by atoms with E-state index in [1.807, 2.05) is 12.1 Å². The van der Waals surface area contributed by atoms with Crippen molar-refractivity contribution in [2.24, 2.45) is 0 Å². The second-order valence-corrected chi connectivity index (χ2v) is 9.16. The summed E-state index contributed by atoms with van der Waals surface area (Å²) in [4.78, 5) is 0. The van der Waals surface area contributed by atoms with Crippen LogP contribution < -0.4 is 4.74 Å². The van der Waals surface area contributed by atoms with E-state index in [4.69, 9.17) is 0 Å². The van der Waals surface area contributed by atoms with Crippen LogP contribution in [-0.4, -0.2) is 6.36 Å². The standard InChI is InChI=1S/C30H25F7O/c1-2-3-4-5-6-7-18-8-11-23-19(14-18)10-13-24(28(23)34)20-9-12-22(25(31)15-20)21-16-26(32)29(27(33)17-21)38-30(35,36)37/h8-17H,2-7H2,1H3. The molecule has 1 nitrogen and oxygen atoms in total. The summed E-state index contributed by atoms with van der Waals surface area (Å²) < 4.78 is 99.1. The fraction of sp³-hybridized carbons (Fsp3) is 0.267. The first-order valence-corrected chi connectivity index (χ1v) is 12.3. The molecule has 0 aliphatic rings. The first kappa shape index (κ1) is 27.5. The van der Waals surface area contributed by atoms with Crippen LogP contribution in [0.2, 0.25) is 0 Å². The lowest BCUT2D eigenvalue weighted by atomic mass is 9.95. The molecular weight excluding hydrogens is 509 g/mol. The highest BCUT2D eigenvalue weighted by atomic mass is 19.4. The first-order valence-electron chi connectivity index (χ1n) is 12.3. The van der Waals surface area contributed by atoms with E-state index < -0.39 is 35.4 Å². The molecule has 0 spiro atoms. The molecule has 8 heteroatoms. The van der Waals surface area contributed by atoms with Crippen molar-refractivity contribution in [1.82, 2.24) is 0 Å². The molecule has 0 amide bonds. The van der Waals surface area contributed by atoms with Gasteiger partial charge in [0.15, 0.2) is 11.6 Å². The van der Waals surface area contributed by atoms with Gasteiger partial charge < -0.3 is 4.74 Å². The van der Waals surface area contributed by atoms with Crippen molar-refractivity contribution in [2.45, 2.75) is 51.8 Å². The smallest absolute Gasteiger partial charge is 0.399 e. The van der Waals surface area contributed by atoms with Crippen molar-refractivity contribution in [3.8, 4) is 28.0 Å². The van der Waals surface area contributed by atoms with E-state index in [0.29, 0.717) is 17.5 Å². The maximum absolute atomic E-state index is 15.4. The zero-order chi connectivity index (χ0) is 27.4. The molecule has 0 aliphatic carbocycles. The van der Waals surface area contributed by atoms with Crippen LogP contribution in [0.15, 0.2) is 60.7 Å². The van der Waals surface area contributed by atoms with Gasteiger partial charge >= 0.3 is 6.36 Å². The summed E-state index contributed by atoms with van der Waals surface area (Å²) in [5.41, 5.74) is 0.850. The van der Waals surface area contributed by atoms with Crippen LogP contribution in [0, 0.1) is 23.3 Å². The molecule has 0 N–H and O–H groups in total. The van der Waals surface area contributed by atoms with Gasteiger partial charge in [0.2, 0.25) is 5.75 Å². The lowest BCUT2D eigenvalue weighted by molar-refractivity contribution is -0.276. The van der Waals surface area contributed by atoms with E-state index in [1.54, 1.807) is 18.2 Å². The summed E-state index contributed by atoms with van der Waals surface area (Å²) >= 11 is 0. The van der Waals surface area contributed by atoms with E-state index in [2.05, 4.69) is 11.7 Å². The molecular formula is C30H25F7O. The minimum absolute atomic E-state index is 0.140. The number of alkyl halides is 3. The van der Waals surface area contributed by atoms with Gasteiger partial charge in [0.25, 0.3) is 0 Å². The van der Waals surface area contributed by atoms with Crippen LogP contribution in [0.5, 0.6) is 5.75 Å². The van der Waals surface area contributed by atoms with Crippen LogP contribution in [-0.2, 0) is 6.42 Å². The van der Waals surface area contributed by atoms with E-state index in [0.717, 1.165) is 36.3 Å². The zero-order valence-corrected chi connectivity index (χ0v) is 20.6. The Kier molecular flexibility index (Phi) is 8.29. The van der Waals surface area contributed by atoms with Gasteiger partial charge in [-0.1, -0.05) is 75.1 Å². The Morgan fingerprint density at radius 1 is 0.658 bits per heavy atom. The molecule has 4 rings (SSSR count). The summed E-state index contributed by atoms with van der Waals surface area (Å²) in [6.07, 6.45) is 1.39. The molecule has 0 heterocycles. The van der Waals surface area contributed by atoms with Gasteiger partial charge in [-0.3, -0.25) is 0 Å². The van der Waals surface area contributed by atoms with Crippen LogP contribution >= 0.6 is 0 Å². The van der Waals surface area contributed by atoms with Gasteiger partial charge in [0.05, 0.1) is 0 Å². The monoisotopic (exact) mass is 534 g/mol. The number of aryl methyl sites for hydroxylation is 1. The highest BCUT2D eigenvalue weighted by Crippen LogP contribution is 2.36. The van der Waals surface area contributed by atoms with E-state index in [9.17, 15) is 26.3 Å². The second-order valence-electron chi connectivity index (χ2n) is 9.16. The molecule has 0 radical (unpaired) electrons. The van der Waals surface area contributed by atoms with Gasteiger partial charge in [-0.15, -0.1) is 13.2 Å². The van der Waals surface area contributed by atoms with Crippen molar-refractivity contribution < 1.29 is 35.5 Å². The van der Waals surface area contributed by atoms with Crippen molar-refractivity contribution in [1.29, 1.82) is 0 Å². The van der Waals surface area contributed by atoms with Crippen LogP contribution in [0.4, 0.5) is 30.7 Å². The van der Waals surface area contributed by atoms with Gasteiger partial charge in [0, 0.05) is 16.5 Å². The maximum Gasteiger partial charge on any atom is 0.573 e. The highest BCUT2D eigenvalue weighted by Gasteiger charge is 2.34. The molecule has 4 aromatic rings. The number of benzene rings is 4. The summed E-state index contributed by atoms with van der Waals surface area (Å²) in [7, 11) is 0. The maximum atomic E-state index is 15.4. The van der Waals surface area contributed by atoms with E-state index in [-0.39, 0.29) is 22.3 Å². The molecule has 200 valence electrons. The predicted octanol–water partition coefficient (Wildman–Crippen LogP) is 10.1. The summed E-state index contributed by atoms with van der Waals surface area (Å²) in [5, 5.41) is 1.10. The minimum atomic E-state index is -5.30. The fourth-order valence-corrected chi connectivity index (χ4v) is 4.50. The molecule has 4 aromatic carbocycles. The van der Waals surface area contributed by atoms with E-state index >= 15 is 4.39 Å². The molecule has 0 fully saturated rings. The third kappa shape index (κ3) is 6.29. The number of ether oxygens (including phenoxy) is 1. The largest absolute Gasteiger partial charge is 0.573 e. The molecule has 38 heavy (non-hydrogen) atoms. The lowest BCUT2D eigenvalue weighted by Crippen LogP contribution is -2.19. The third-order valence-electron chi connectivity index (χ3n) is 6.39. The van der Waals surface area contributed by atoms with Gasteiger partial charge in [-0.05, 0) is 53.1 Å². The molecule has 0 atom stereocenters. The predicted molar refractivity (Wildman–Crippen MR) is 134 cm³/mol. The average Bonchev–Trinajstić information content (AvgIpc) is 2.85. The van der Waals surface area contributed by atoms with Gasteiger partial charge in [-0.2, -0.15) is 0 Å². The Morgan fingerprint density at radius 2 is 1.32 bits per heavy atom. The molecule has 0 aliphatic heterocycles. The Balaban J connectivity index is 1.59. The number of hydrogen-bond donors (Lipinski definition) is 0. The Bertz CT molecular complexity index is 1420. The number of hydrogen-bond acceptors (Lipinski definition) is 1. The van der Waals surface area contributed by atoms with Crippen molar-refractivity contribution in [3.05, 3.63) is 89.5 Å². The number of halogens is 7.